The number of ketones is 1. The van der Waals surface area contributed by atoms with E-state index in [4.69, 9.17) is 5.73 Å². The van der Waals surface area contributed by atoms with Crippen molar-refractivity contribution in [3.8, 4) is 0 Å². The number of thioether (sulfide) groups is 1. The van der Waals surface area contributed by atoms with Crippen LogP contribution in [-0.2, 0) is 14.1 Å². The highest BCUT2D eigenvalue weighted by atomic mass is 32.2. The Morgan fingerprint density at radius 1 is 1.28 bits per heavy atom. The molecule has 2 aromatic rings. The molecule has 9 nitrogen and oxygen atoms in total. The Morgan fingerprint density at radius 3 is 2.52 bits per heavy atom. The monoisotopic (exact) mass is 365 g/mol. The highest BCUT2D eigenvalue weighted by Crippen LogP contribution is 2.17. The second kappa shape index (κ2) is 7.09. The number of carbonyl (C=O) groups excluding carboxylic acids is 1. The number of anilines is 1. The lowest BCUT2D eigenvalue weighted by Gasteiger charge is -2.10. The third kappa shape index (κ3) is 3.73. The Labute approximate surface area is 146 Å². The third-order valence-electron chi connectivity index (χ3n) is 3.66. The van der Waals surface area contributed by atoms with E-state index in [1.165, 1.54) is 20.2 Å². The first kappa shape index (κ1) is 18.7. The van der Waals surface area contributed by atoms with Gasteiger partial charge in [-0.05, 0) is 5.92 Å². The number of H-pyrrole nitrogens is 1. The zero-order chi connectivity index (χ0) is 18.9. The molecule has 0 radical (unpaired) electrons. The van der Waals surface area contributed by atoms with Gasteiger partial charge in [0, 0.05) is 20.2 Å². The van der Waals surface area contributed by atoms with Crippen molar-refractivity contribution < 1.29 is 4.79 Å². The molecule has 0 aliphatic carbocycles. The molecule has 0 unspecified atom stereocenters. The summed E-state index contributed by atoms with van der Waals surface area (Å²) in [5.74, 6) is -0.821. The van der Waals surface area contributed by atoms with Crippen LogP contribution in [0.5, 0.6) is 0 Å². The van der Waals surface area contributed by atoms with Gasteiger partial charge in [-0.25, -0.2) is 9.78 Å². The van der Waals surface area contributed by atoms with Gasteiger partial charge in [-0.1, -0.05) is 25.6 Å². The second-order valence-corrected chi connectivity index (χ2v) is 6.77. The molecule has 3 N–H and O–H groups in total. The van der Waals surface area contributed by atoms with Crippen molar-refractivity contribution in [1.29, 1.82) is 0 Å². The minimum absolute atomic E-state index is 0.0592. The molecule has 0 fully saturated rings. The number of nitrogen functional groups attached to an aromatic ring is 1. The molecule has 0 aliphatic rings. The number of rotatable bonds is 5. The summed E-state index contributed by atoms with van der Waals surface area (Å²) in [7, 11) is 2.66. The summed E-state index contributed by atoms with van der Waals surface area (Å²) >= 11 is 0.995. The molecule has 2 rings (SSSR count). The van der Waals surface area contributed by atoms with Gasteiger partial charge in [-0.15, -0.1) is 0 Å². The predicted molar refractivity (Wildman–Crippen MR) is 95.3 cm³/mol. The molecule has 25 heavy (non-hydrogen) atoms. The Balaban J connectivity index is 2.32. The Hall–Kier alpha value is -2.62. The van der Waals surface area contributed by atoms with Crippen LogP contribution in [0.15, 0.2) is 25.6 Å². The summed E-state index contributed by atoms with van der Waals surface area (Å²) in [5, 5.41) is 0.282. The summed E-state index contributed by atoms with van der Waals surface area (Å²) in [6, 6.07) is 1.40. The molecule has 0 bridgehead atoms. The molecule has 0 spiro atoms. The minimum atomic E-state index is -0.747. The summed E-state index contributed by atoms with van der Waals surface area (Å²) in [5.41, 5.74) is 4.44. The Bertz CT molecular complexity index is 1000. The summed E-state index contributed by atoms with van der Waals surface area (Å²) in [6.07, 6.45) is 0. The topological polar surface area (TPSA) is 133 Å². The molecule has 0 atom stereocenters. The fourth-order valence-corrected chi connectivity index (χ4v) is 2.90. The highest BCUT2D eigenvalue weighted by Gasteiger charge is 2.20. The van der Waals surface area contributed by atoms with Crippen molar-refractivity contribution in [3.05, 3.63) is 48.5 Å². The van der Waals surface area contributed by atoms with Crippen molar-refractivity contribution in [2.75, 3.05) is 11.5 Å². The van der Waals surface area contributed by atoms with Crippen LogP contribution in [0.3, 0.4) is 0 Å². The highest BCUT2D eigenvalue weighted by molar-refractivity contribution is 7.99. The predicted octanol–water partition coefficient (Wildman–Crippen LogP) is -0.152. The number of hydrogen-bond acceptors (Lipinski definition) is 7. The van der Waals surface area contributed by atoms with Gasteiger partial charge in [-0.2, -0.15) is 0 Å². The minimum Gasteiger partial charge on any atom is -0.384 e. The lowest BCUT2D eigenvalue weighted by atomic mass is 10.1. The van der Waals surface area contributed by atoms with Gasteiger partial charge in [-0.3, -0.25) is 23.5 Å². The number of Topliss-reactive ketones (excluding diaryl/α,β-unsaturated/α-hetero) is 1. The number of hydrogen-bond donors (Lipinski definition) is 2. The Kier molecular flexibility index (Phi) is 5.31. The number of nitrogens with zero attached hydrogens (tertiary/aromatic N) is 3. The lowest BCUT2D eigenvalue weighted by Crippen LogP contribution is -2.41. The van der Waals surface area contributed by atoms with Crippen LogP contribution in [0, 0.1) is 0 Å². The number of aromatic amines is 1. The lowest BCUT2D eigenvalue weighted by molar-refractivity contribution is 0.102. The molecule has 0 saturated heterocycles. The summed E-state index contributed by atoms with van der Waals surface area (Å²) in [6.45, 7) is 3.80. The molecular formula is C15H19N5O4S. The quantitative estimate of drug-likeness (QED) is 0.427. The van der Waals surface area contributed by atoms with E-state index in [0.29, 0.717) is 5.69 Å². The molecule has 0 aromatic carbocycles. The van der Waals surface area contributed by atoms with Gasteiger partial charge in [0.05, 0.1) is 11.4 Å². The van der Waals surface area contributed by atoms with Crippen LogP contribution >= 0.6 is 11.8 Å². The molecule has 10 heteroatoms. The van der Waals surface area contributed by atoms with Crippen LogP contribution < -0.4 is 22.5 Å². The second-order valence-electron chi connectivity index (χ2n) is 5.81. The van der Waals surface area contributed by atoms with Gasteiger partial charge in [0.15, 0.2) is 10.9 Å². The van der Waals surface area contributed by atoms with Gasteiger partial charge in [0.25, 0.3) is 11.1 Å². The molecule has 134 valence electrons. The number of nitrogens with two attached hydrogens (primary N) is 1. The van der Waals surface area contributed by atoms with Crippen LogP contribution in [0.2, 0.25) is 0 Å². The van der Waals surface area contributed by atoms with E-state index in [0.717, 1.165) is 20.9 Å². The third-order valence-corrected chi connectivity index (χ3v) is 4.53. The maximum Gasteiger partial charge on any atom is 0.332 e. The fourth-order valence-electron chi connectivity index (χ4n) is 2.15. The van der Waals surface area contributed by atoms with E-state index < -0.39 is 17.0 Å². The van der Waals surface area contributed by atoms with Gasteiger partial charge in [0.1, 0.15) is 11.4 Å². The molecule has 0 amide bonds. The molecule has 0 aliphatic heterocycles. The van der Waals surface area contributed by atoms with Crippen LogP contribution in [0.25, 0.3) is 0 Å². The summed E-state index contributed by atoms with van der Waals surface area (Å²) < 4.78 is 1.87. The van der Waals surface area contributed by atoms with Crippen molar-refractivity contribution in [1.82, 2.24) is 19.1 Å². The van der Waals surface area contributed by atoms with E-state index >= 15 is 0 Å². The fraction of sp³-hybridized carbons (Fsp3) is 0.400. The molecule has 2 heterocycles. The SMILES string of the molecule is CC(C)c1cc(=O)[nH]c(SCC(=O)c2c(N)n(C)c(=O)n(C)c2=O)n1. The van der Waals surface area contributed by atoms with Crippen molar-refractivity contribution in [2.24, 2.45) is 14.1 Å². The summed E-state index contributed by atoms with van der Waals surface area (Å²) in [4.78, 5) is 54.9. The van der Waals surface area contributed by atoms with Crippen LogP contribution in [0.1, 0.15) is 35.8 Å². The van der Waals surface area contributed by atoms with E-state index in [2.05, 4.69) is 9.97 Å². The van der Waals surface area contributed by atoms with Crippen LogP contribution in [-0.4, -0.2) is 30.6 Å². The zero-order valence-electron chi connectivity index (χ0n) is 14.3. The van der Waals surface area contributed by atoms with E-state index in [1.807, 2.05) is 13.8 Å². The first-order chi connectivity index (χ1) is 11.6. The standard InChI is InChI=1S/C15H19N5O4S/c1-7(2)8-5-10(22)18-14(17-8)25-6-9(21)11-12(16)19(3)15(24)20(4)13(11)23/h5,7H,6,16H2,1-4H3,(H,17,18,22). The van der Waals surface area contributed by atoms with Gasteiger partial charge >= 0.3 is 5.69 Å². The largest absolute Gasteiger partial charge is 0.384 e. The smallest absolute Gasteiger partial charge is 0.332 e. The average molecular weight is 365 g/mol. The van der Waals surface area contributed by atoms with Crippen molar-refractivity contribution in [3.63, 3.8) is 0 Å². The first-order valence-corrected chi connectivity index (χ1v) is 8.44. The molecule has 0 saturated carbocycles. The van der Waals surface area contributed by atoms with Gasteiger partial charge in [0.2, 0.25) is 0 Å². The van der Waals surface area contributed by atoms with Crippen LogP contribution in [0.4, 0.5) is 5.82 Å². The Morgan fingerprint density at radius 2 is 1.92 bits per heavy atom. The number of carbonyl (C=O) groups is 1. The van der Waals surface area contributed by atoms with E-state index in [1.54, 1.807) is 0 Å². The maximum atomic E-state index is 12.4. The maximum absolute atomic E-state index is 12.4. The number of nitrogens with one attached hydrogen (secondary N) is 1. The zero-order valence-corrected chi connectivity index (χ0v) is 15.1. The van der Waals surface area contributed by atoms with Crippen molar-refractivity contribution in [2.45, 2.75) is 24.9 Å². The van der Waals surface area contributed by atoms with E-state index in [-0.39, 0.29) is 33.8 Å². The molecule has 2 aromatic heterocycles. The average Bonchev–Trinajstić information content (AvgIpc) is 2.56. The van der Waals surface area contributed by atoms with Crippen molar-refractivity contribution >= 4 is 23.4 Å². The molecular weight excluding hydrogens is 346 g/mol. The first-order valence-electron chi connectivity index (χ1n) is 7.46. The number of aromatic nitrogens is 4. The van der Waals surface area contributed by atoms with Gasteiger partial charge < -0.3 is 10.7 Å². The van der Waals surface area contributed by atoms with E-state index in [9.17, 15) is 19.2 Å². The normalized spacial score (nSPS) is 11.1.